The molecular weight excluding hydrogens is 246 g/mol. The first kappa shape index (κ1) is 12.1. The Labute approximate surface area is 103 Å². The third kappa shape index (κ3) is 2.34. The minimum atomic E-state index is -0.748. The number of hydrogen-bond acceptors (Lipinski definition) is 1. The van der Waals surface area contributed by atoms with Gasteiger partial charge in [-0.2, -0.15) is 0 Å². The molecule has 90 valence electrons. The number of benzene rings is 1. The topological polar surface area (TPSA) is 13.1 Å². The normalized spacial score (nSPS) is 12.8. The molecule has 0 radical (unpaired) electrons. The van der Waals surface area contributed by atoms with Crippen LogP contribution in [0.25, 0.3) is 0 Å². The Kier molecular flexibility index (Phi) is 3.20. The van der Waals surface area contributed by atoms with E-state index in [2.05, 4.69) is 0 Å². The first-order chi connectivity index (χ1) is 7.99. The summed E-state index contributed by atoms with van der Waals surface area (Å²) in [6.07, 6.45) is 1.45. The molecule has 0 saturated heterocycles. The van der Waals surface area contributed by atoms with E-state index in [-0.39, 0.29) is 11.1 Å². The van der Waals surface area contributed by atoms with Gasteiger partial charge in [-0.25, -0.2) is 8.78 Å². The smallest absolute Gasteiger partial charge is 0.128 e. The number of rotatable bonds is 2. The van der Waals surface area contributed by atoms with E-state index in [0.29, 0.717) is 11.3 Å². The Balaban J connectivity index is 2.43. The standard InChI is InChI=1S/C13H11ClF2O/c1-7-3-12(16)10(5-11(7)15)13(14)9-4-8(2)17-6-9/h3-6,13H,1-2H3. The van der Waals surface area contributed by atoms with Crippen molar-refractivity contribution in [1.29, 1.82) is 0 Å². The lowest BCUT2D eigenvalue weighted by molar-refractivity contribution is 0.531. The van der Waals surface area contributed by atoms with E-state index >= 15 is 0 Å². The molecule has 1 unspecified atom stereocenters. The summed E-state index contributed by atoms with van der Waals surface area (Å²) in [5.41, 5.74) is 1.00. The third-order valence-corrected chi connectivity index (χ3v) is 3.08. The predicted octanol–water partition coefficient (Wildman–Crippen LogP) is 4.50. The molecule has 0 aliphatic heterocycles. The lowest BCUT2D eigenvalue weighted by Crippen LogP contribution is -1.98. The van der Waals surface area contributed by atoms with E-state index in [4.69, 9.17) is 16.0 Å². The van der Waals surface area contributed by atoms with Crippen LogP contribution in [0.3, 0.4) is 0 Å². The largest absolute Gasteiger partial charge is 0.469 e. The Morgan fingerprint density at radius 3 is 2.41 bits per heavy atom. The second-order valence-corrected chi connectivity index (χ2v) is 4.41. The Hall–Kier alpha value is -1.35. The molecule has 1 atom stereocenters. The molecule has 4 heteroatoms. The highest BCUT2D eigenvalue weighted by molar-refractivity contribution is 6.22. The van der Waals surface area contributed by atoms with Gasteiger partial charge in [-0.15, -0.1) is 11.6 Å². The fourth-order valence-corrected chi connectivity index (χ4v) is 1.91. The maximum absolute atomic E-state index is 13.7. The summed E-state index contributed by atoms with van der Waals surface area (Å²) in [5, 5.41) is -0.748. The fourth-order valence-electron chi connectivity index (χ4n) is 1.63. The summed E-state index contributed by atoms with van der Waals surface area (Å²) < 4.78 is 32.2. The van der Waals surface area contributed by atoms with Crippen LogP contribution in [0.2, 0.25) is 0 Å². The van der Waals surface area contributed by atoms with Crippen LogP contribution in [-0.2, 0) is 0 Å². The summed E-state index contributed by atoms with van der Waals surface area (Å²) in [4.78, 5) is 0. The zero-order valence-electron chi connectivity index (χ0n) is 9.43. The monoisotopic (exact) mass is 256 g/mol. The lowest BCUT2D eigenvalue weighted by atomic mass is 10.0. The number of alkyl halides is 1. The molecule has 1 nitrogen and oxygen atoms in total. The summed E-state index contributed by atoms with van der Waals surface area (Å²) in [7, 11) is 0. The van der Waals surface area contributed by atoms with Crippen molar-refractivity contribution in [3.63, 3.8) is 0 Å². The first-order valence-corrected chi connectivity index (χ1v) is 5.57. The van der Waals surface area contributed by atoms with Gasteiger partial charge in [0.1, 0.15) is 17.4 Å². The van der Waals surface area contributed by atoms with Gasteiger partial charge in [0.05, 0.1) is 11.6 Å². The van der Waals surface area contributed by atoms with Gasteiger partial charge in [-0.3, -0.25) is 0 Å². The van der Waals surface area contributed by atoms with Crippen LogP contribution in [-0.4, -0.2) is 0 Å². The molecule has 1 aromatic carbocycles. The second-order valence-electron chi connectivity index (χ2n) is 3.98. The lowest BCUT2D eigenvalue weighted by Gasteiger charge is -2.10. The zero-order chi connectivity index (χ0) is 12.6. The average molecular weight is 257 g/mol. The number of halogens is 3. The summed E-state index contributed by atoms with van der Waals surface area (Å²) >= 11 is 6.11. The van der Waals surface area contributed by atoms with Crippen LogP contribution >= 0.6 is 11.6 Å². The van der Waals surface area contributed by atoms with Crippen LogP contribution in [0.4, 0.5) is 8.78 Å². The van der Waals surface area contributed by atoms with Crippen molar-refractivity contribution < 1.29 is 13.2 Å². The van der Waals surface area contributed by atoms with Crippen molar-refractivity contribution in [2.45, 2.75) is 19.2 Å². The second kappa shape index (κ2) is 4.49. The van der Waals surface area contributed by atoms with Crippen LogP contribution < -0.4 is 0 Å². The van der Waals surface area contributed by atoms with Crippen molar-refractivity contribution >= 4 is 11.6 Å². The van der Waals surface area contributed by atoms with Crippen molar-refractivity contribution in [2.75, 3.05) is 0 Å². The molecule has 17 heavy (non-hydrogen) atoms. The van der Waals surface area contributed by atoms with E-state index in [1.165, 1.54) is 13.2 Å². The van der Waals surface area contributed by atoms with Crippen molar-refractivity contribution in [1.82, 2.24) is 0 Å². The van der Waals surface area contributed by atoms with Crippen molar-refractivity contribution in [2.24, 2.45) is 0 Å². The Bertz CT molecular complexity index is 548. The fraction of sp³-hybridized carbons (Fsp3) is 0.231. The predicted molar refractivity (Wildman–Crippen MR) is 62.2 cm³/mol. The Morgan fingerprint density at radius 2 is 1.82 bits per heavy atom. The maximum atomic E-state index is 13.7. The molecule has 1 heterocycles. The highest BCUT2D eigenvalue weighted by atomic mass is 35.5. The summed E-state index contributed by atoms with van der Waals surface area (Å²) in [6, 6.07) is 3.98. The zero-order valence-corrected chi connectivity index (χ0v) is 10.2. The van der Waals surface area contributed by atoms with Gasteiger partial charge in [0.2, 0.25) is 0 Å². The maximum Gasteiger partial charge on any atom is 0.128 e. The number of hydrogen-bond donors (Lipinski definition) is 0. The molecule has 0 aliphatic carbocycles. The quantitative estimate of drug-likeness (QED) is 0.721. The molecular formula is C13H11ClF2O. The highest BCUT2D eigenvalue weighted by Gasteiger charge is 2.18. The van der Waals surface area contributed by atoms with E-state index in [1.807, 2.05) is 0 Å². The van der Waals surface area contributed by atoms with Crippen LogP contribution in [0.15, 0.2) is 28.9 Å². The van der Waals surface area contributed by atoms with Crippen LogP contribution in [0.1, 0.15) is 27.8 Å². The number of aryl methyl sites for hydroxylation is 2. The van der Waals surface area contributed by atoms with Gasteiger partial charge in [0, 0.05) is 11.1 Å². The highest BCUT2D eigenvalue weighted by Crippen LogP contribution is 2.32. The molecule has 2 rings (SSSR count). The molecule has 0 aliphatic rings. The van der Waals surface area contributed by atoms with Gasteiger partial charge in [-0.1, -0.05) is 0 Å². The van der Waals surface area contributed by atoms with E-state index < -0.39 is 17.0 Å². The summed E-state index contributed by atoms with van der Waals surface area (Å²) in [6.45, 7) is 3.27. The molecule has 0 bridgehead atoms. The van der Waals surface area contributed by atoms with Crippen molar-refractivity contribution in [3.8, 4) is 0 Å². The molecule has 0 N–H and O–H groups in total. The average Bonchev–Trinajstić information content (AvgIpc) is 2.69. The van der Waals surface area contributed by atoms with Gasteiger partial charge < -0.3 is 4.42 Å². The third-order valence-electron chi connectivity index (χ3n) is 2.59. The van der Waals surface area contributed by atoms with Crippen LogP contribution in [0.5, 0.6) is 0 Å². The molecule has 1 aromatic heterocycles. The molecule has 2 aromatic rings. The van der Waals surface area contributed by atoms with Gasteiger partial charge in [-0.05, 0) is 37.6 Å². The molecule has 0 amide bonds. The van der Waals surface area contributed by atoms with Gasteiger partial charge in [0.15, 0.2) is 0 Å². The van der Waals surface area contributed by atoms with E-state index in [1.54, 1.807) is 13.0 Å². The minimum Gasteiger partial charge on any atom is -0.469 e. The van der Waals surface area contributed by atoms with Crippen molar-refractivity contribution in [3.05, 3.63) is 58.5 Å². The van der Waals surface area contributed by atoms with E-state index in [0.717, 1.165) is 12.1 Å². The Morgan fingerprint density at radius 1 is 1.12 bits per heavy atom. The van der Waals surface area contributed by atoms with Gasteiger partial charge >= 0.3 is 0 Å². The molecule has 0 spiro atoms. The molecule has 0 fully saturated rings. The van der Waals surface area contributed by atoms with Crippen LogP contribution in [0, 0.1) is 25.5 Å². The summed E-state index contributed by atoms with van der Waals surface area (Å²) in [5.74, 6) is -0.298. The van der Waals surface area contributed by atoms with E-state index in [9.17, 15) is 8.78 Å². The van der Waals surface area contributed by atoms with Gasteiger partial charge in [0.25, 0.3) is 0 Å². The first-order valence-electron chi connectivity index (χ1n) is 5.13. The minimum absolute atomic E-state index is 0.121. The SMILES string of the molecule is Cc1cc(C(Cl)c2cc(F)c(C)cc2F)co1. The molecule has 0 saturated carbocycles. The number of furan rings is 1.